The lowest BCUT2D eigenvalue weighted by molar-refractivity contribution is -0.384. The number of esters is 1. The molecule has 8 heteroatoms. The first-order valence-electron chi connectivity index (χ1n) is 8.46. The summed E-state index contributed by atoms with van der Waals surface area (Å²) in [6.07, 6.45) is 0.330. The molecule has 0 aliphatic carbocycles. The van der Waals surface area contributed by atoms with Crippen molar-refractivity contribution in [2.24, 2.45) is 0 Å². The maximum absolute atomic E-state index is 11.7. The summed E-state index contributed by atoms with van der Waals surface area (Å²) in [5, 5.41) is 20.7. The fourth-order valence-electron chi connectivity index (χ4n) is 3.17. The topological polar surface area (TPSA) is 115 Å². The van der Waals surface area contributed by atoms with Gasteiger partial charge in [0.2, 0.25) is 5.88 Å². The van der Waals surface area contributed by atoms with Gasteiger partial charge >= 0.3 is 5.97 Å². The van der Waals surface area contributed by atoms with E-state index in [2.05, 4.69) is 4.98 Å². The van der Waals surface area contributed by atoms with Gasteiger partial charge in [-0.3, -0.25) is 14.9 Å². The van der Waals surface area contributed by atoms with E-state index < -0.39 is 4.92 Å². The van der Waals surface area contributed by atoms with E-state index in [1.807, 2.05) is 19.1 Å². The Morgan fingerprint density at radius 2 is 2.11 bits per heavy atom. The largest absolute Gasteiger partial charge is 0.439 e. The number of nitrogens with zero attached hydrogens (tertiary/aromatic N) is 3. The predicted octanol–water partition coefficient (Wildman–Crippen LogP) is 4.22. The summed E-state index contributed by atoms with van der Waals surface area (Å²) in [7, 11) is 0. The summed E-state index contributed by atoms with van der Waals surface area (Å²) in [6, 6.07) is 12.7. The molecule has 0 N–H and O–H groups in total. The number of aromatic nitrogens is 1. The molecule has 8 nitrogen and oxygen atoms in total. The molecule has 2 heterocycles. The van der Waals surface area contributed by atoms with Gasteiger partial charge in [0.15, 0.2) is 0 Å². The molecule has 4 rings (SSSR count). The van der Waals surface area contributed by atoms with Crippen LogP contribution in [0.5, 0.6) is 17.4 Å². The third-order valence-corrected chi connectivity index (χ3v) is 4.54. The SMILES string of the molecule is CC1CC(=O)Oc2cc(Oc3cc(C#N)c4cc([N+](=O)[O-])ccc4n3)ccc21. The Labute approximate surface area is 159 Å². The zero-order chi connectivity index (χ0) is 19.8. The van der Waals surface area contributed by atoms with Gasteiger partial charge in [-0.25, -0.2) is 4.98 Å². The number of rotatable bonds is 3. The molecular weight excluding hydrogens is 362 g/mol. The number of ether oxygens (including phenoxy) is 2. The molecule has 0 spiro atoms. The Balaban J connectivity index is 1.72. The second kappa shape index (κ2) is 6.63. The maximum Gasteiger partial charge on any atom is 0.311 e. The number of nitro groups is 1. The standard InChI is InChI=1S/C20H13N3O5/c1-11-6-20(24)28-18-9-14(3-4-15(11)18)27-19-7-12(10-21)16-8-13(23(25)26)2-5-17(16)22-19/h2-5,7-9,11H,6H2,1H3. The average Bonchev–Trinajstić information content (AvgIpc) is 2.66. The minimum atomic E-state index is -0.527. The lowest BCUT2D eigenvalue weighted by atomic mass is 9.95. The highest BCUT2D eigenvalue weighted by molar-refractivity contribution is 5.87. The number of carbonyl (C=O) groups excluding carboxylic acids is 1. The fourth-order valence-corrected chi connectivity index (χ4v) is 3.17. The zero-order valence-electron chi connectivity index (χ0n) is 14.7. The van der Waals surface area contributed by atoms with Gasteiger partial charge in [-0.15, -0.1) is 0 Å². The van der Waals surface area contributed by atoms with E-state index in [9.17, 15) is 20.2 Å². The number of nitriles is 1. The fraction of sp³-hybridized carbons (Fsp3) is 0.150. The van der Waals surface area contributed by atoms with Gasteiger partial charge in [-0.05, 0) is 23.6 Å². The van der Waals surface area contributed by atoms with Gasteiger partial charge in [0, 0.05) is 29.7 Å². The van der Waals surface area contributed by atoms with Crippen LogP contribution in [0.1, 0.15) is 30.4 Å². The van der Waals surface area contributed by atoms with Crippen molar-refractivity contribution in [3.63, 3.8) is 0 Å². The summed E-state index contributed by atoms with van der Waals surface area (Å²) in [5.41, 5.74) is 1.41. The smallest absolute Gasteiger partial charge is 0.311 e. The van der Waals surface area contributed by atoms with Crippen molar-refractivity contribution in [3.05, 3.63) is 63.7 Å². The molecular formula is C20H13N3O5. The first-order valence-corrected chi connectivity index (χ1v) is 8.46. The zero-order valence-corrected chi connectivity index (χ0v) is 14.7. The van der Waals surface area contributed by atoms with Crippen molar-refractivity contribution >= 4 is 22.6 Å². The minimum Gasteiger partial charge on any atom is -0.439 e. The molecule has 138 valence electrons. The lowest BCUT2D eigenvalue weighted by Crippen LogP contribution is -2.18. The van der Waals surface area contributed by atoms with E-state index in [4.69, 9.17) is 9.47 Å². The number of non-ortho nitro benzene ring substituents is 1. The highest BCUT2D eigenvalue weighted by Gasteiger charge is 2.24. The number of carbonyl (C=O) groups is 1. The molecule has 1 atom stereocenters. The van der Waals surface area contributed by atoms with Crippen molar-refractivity contribution < 1.29 is 19.2 Å². The maximum atomic E-state index is 11.7. The second-order valence-electron chi connectivity index (χ2n) is 6.46. The van der Waals surface area contributed by atoms with Crippen molar-refractivity contribution in [1.82, 2.24) is 4.98 Å². The monoisotopic (exact) mass is 375 g/mol. The van der Waals surface area contributed by atoms with Crippen LogP contribution < -0.4 is 9.47 Å². The normalized spacial score (nSPS) is 15.4. The highest BCUT2D eigenvalue weighted by atomic mass is 16.6. The van der Waals surface area contributed by atoms with Gasteiger partial charge in [-0.1, -0.05) is 13.0 Å². The number of fused-ring (bicyclic) bond motifs is 2. The number of nitro benzene ring substituents is 1. The van der Waals surface area contributed by atoms with Crippen LogP contribution in [0.2, 0.25) is 0 Å². The van der Waals surface area contributed by atoms with E-state index in [1.165, 1.54) is 24.3 Å². The minimum absolute atomic E-state index is 0.0603. The van der Waals surface area contributed by atoms with Crippen molar-refractivity contribution in [1.29, 1.82) is 5.26 Å². The molecule has 1 aliphatic heterocycles. The Bertz CT molecular complexity index is 1180. The molecule has 0 fully saturated rings. The predicted molar refractivity (Wildman–Crippen MR) is 98.3 cm³/mol. The summed E-state index contributed by atoms with van der Waals surface area (Å²) in [4.78, 5) is 26.4. The highest BCUT2D eigenvalue weighted by Crippen LogP contribution is 2.37. The van der Waals surface area contributed by atoms with Crippen LogP contribution >= 0.6 is 0 Å². The summed E-state index contributed by atoms with van der Waals surface area (Å²) in [5.74, 6) is 0.768. The molecule has 0 saturated heterocycles. The van der Waals surface area contributed by atoms with Gasteiger partial charge in [0.05, 0.1) is 22.4 Å². The lowest BCUT2D eigenvalue weighted by Gasteiger charge is -2.21. The van der Waals surface area contributed by atoms with Gasteiger partial charge in [0.1, 0.15) is 17.6 Å². The molecule has 3 aromatic rings. The number of hydrogen-bond acceptors (Lipinski definition) is 7. The van der Waals surface area contributed by atoms with E-state index >= 15 is 0 Å². The van der Waals surface area contributed by atoms with Gasteiger partial charge in [-0.2, -0.15) is 5.26 Å². The van der Waals surface area contributed by atoms with Crippen molar-refractivity contribution in [3.8, 4) is 23.4 Å². The van der Waals surface area contributed by atoms with Gasteiger partial charge in [0.25, 0.3) is 5.69 Å². The van der Waals surface area contributed by atoms with Crippen LogP contribution in [0.3, 0.4) is 0 Å². The van der Waals surface area contributed by atoms with Crippen LogP contribution in [0.4, 0.5) is 5.69 Å². The molecule has 1 aromatic heterocycles. The first kappa shape index (κ1) is 17.4. The molecule has 1 aliphatic rings. The van der Waals surface area contributed by atoms with Crippen LogP contribution in [0, 0.1) is 21.4 Å². The molecule has 28 heavy (non-hydrogen) atoms. The summed E-state index contributed by atoms with van der Waals surface area (Å²) >= 11 is 0. The van der Waals surface area contributed by atoms with Crippen LogP contribution in [0.15, 0.2) is 42.5 Å². The molecule has 0 bridgehead atoms. The van der Waals surface area contributed by atoms with E-state index in [-0.39, 0.29) is 29.0 Å². The Hall–Kier alpha value is -3.99. The molecule has 2 aromatic carbocycles. The van der Waals surface area contributed by atoms with Crippen LogP contribution in [-0.4, -0.2) is 15.9 Å². The second-order valence-corrected chi connectivity index (χ2v) is 6.46. The van der Waals surface area contributed by atoms with Gasteiger partial charge < -0.3 is 9.47 Å². The van der Waals surface area contributed by atoms with Crippen LogP contribution in [0.25, 0.3) is 10.9 Å². The summed E-state index contributed by atoms with van der Waals surface area (Å²) < 4.78 is 11.0. The van der Waals surface area contributed by atoms with Crippen molar-refractivity contribution in [2.75, 3.05) is 0 Å². The quantitative estimate of drug-likeness (QED) is 0.291. The average molecular weight is 375 g/mol. The van der Waals surface area contributed by atoms with Crippen LogP contribution in [-0.2, 0) is 4.79 Å². The van der Waals surface area contributed by atoms with E-state index in [1.54, 1.807) is 12.1 Å². The third kappa shape index (κ3) is 3.10. The Kier molecular flexibility index (Phi) is 4.12. The summed E-state index contributed by atoms with van der Waals surface area (Å²) in [6.45, 7) is 1.95. The molecule has 0 radical (unpaired) electrons. The first-order chi connectivity index (χ1) is 13.4. The molecule has 0 amide bonds. The number of hydrogen-bond donors (Lipinski definition) is 0. The van der Waals surface area contributed by atoms with Crippen molar-refractivity contribution in [2.45, 2.75) is 19.3 Å². The third-order valence-electron chi connectivity index (χ3n) is 4.54. The Morgan fingerprint density at radius 1 is 1.29 bits per heavy atom. The molecule has 0 saturated carbocycles. The molecule has 1 unspecified atom stereocenters. The number of benzene rings is 2. The number of pyridine rings is 1. The van der Waals surface area contributed by atoms with E-state index in [0.717, 1.165) is 5.56 Å². The van der Waals surface area contributed by atoms with E-state index in [0.29, 0.717) is 28.8 Å². The Morgan fingerprint density at radius 3 is 2.86 bits per heavy atom.